The standard InChI is InChI=1S/C15H12Cl2O/c1-10(18)15(11-5-4-6-12(16)9-11)13-7-2-3-8-14(13)17/h2-9,15H,1H3. The zero-order chi connectivity index (χ0) is 13.1. The molecule has 0 aliphatic heterocycles. The number of rotatable bonds is 3. The molecule has 0 saturated heterocycles. The lowest BCUT2D eigenvalue weighted by molar-refractivity contribution is -0.117. The lowest BCUT2D eigenvalue weighted by Gasteiger charge is -2.16. The van der Waals surface area contributed by atoms with Crippen molar-refractivity contribution in [2.24, 2.45) is 0 Å². The Kier molecular flexibility index (Phi) is 4.05. The predicted octanol–water partition coefficient (Wildman–Crippen LogP) is 4.71. The summed E-state index contributed by atoms with van der Waals surface area (Å²) in [5.74, 6) is -0.317. The molecule has 0 aromatic heterocycles. The van der Waals surface area contributed by atoms with Crippen molar-refractivity contribution >= 4 is 29.0 Å². The first kappa shape index (κ1) is 13.1. The molecule has 0 amide bonds. The molecule has 2 aromatic rings. The second kappa shape index (κ2) is 5.55. The van der Waals surface area contributed by atoms with E-state index in [1.807, 2.05) is 30.3 Å². The van der Waals surface area contributed by atoms with Crippen LogP contribution in [0.3, 0.4) is 0 Å². The molecular formula is C15H12Cl2O. The normalized spacial score (nSPS) is 12.2. The Morgan fingerprint density at radius 2 is 1.78 bits per heavy atom. The zero-order valence-electron chi connectivity index (χ0n) is 9.86. The Balaban J connectivity index is 2.54. The second-order valence-electron chi connectivity index (χ2n) is 4.12. The topological polar surface area (TPSA) is 17.1 Å². The van der Waals surface area contributed by atoms with Gasteiger partial charge < -0.3 is 0 Å². The predicted molar refractivity (Wildman–Crippen MR) is 75.4 cm³/mol. The average Bonchev–Trinajstić information content (AvgIpc) is 2.32. The fourth-order valence-corrected chi connectivity index (χ4v) is 2.47. The van der Waals surface area contributed by atoms with Crippen molar-refractivity contribution in [1.82, 2.24) is 0 Å². The van der Waals surface area contributed by atoms with Crippen molar-refractivity contribution in [1.29, 1.82) is 0 Å². The lowest BCUT2D eigenvalue weighted by atomic mass is 9.88. The van der Waals surface area contributed by atoms with Crippen LogP contribution in [-0.4, -0.2) is 5.78 Å². The molecule has 0 aliphatic carbocycles. The number of hydrogen-bond donors (Lipinski definition) is 0. The van der Waals surface area contributed by atoms with Crippen LogP contribution in [0.2, 0.25) is 10.0 Å². The summed E-state index contributed by atoms with van der Waals surface area (Å²) in [6.07, 6.45) is 0. The molecule has 0 fully saturated rings. The molecule has 2 aromatic carbocycles. The van der Waals surface area contributed by atoms with Gasteiger partial charge in [-0.2, -0.15) is 0 Å². The number of carbonyl (C=O) groups excluding carboxylic acids is 1. The minimum atomic E-state index is -0.364. The highest BCUT2D eigenvalue weighted by Crippen LogP contribution is 2.31. The number of ketones is 1. The molecule has 0 aliphatic rings. The molecular weight excluding hydrogens is 267 g/mol. The summed E-state index contributed by atoms with van der Waals surface area (Å²) in [5, 5.41) is 1.21. The fourth-order valence-electron chi connectivity index (χ4n) is 2.03. The van der Waals surface area contributed by atoms with Gasteiger partial charge in [0.2, 0.25) is 0 Å². The SMILES string of the molecule is CC(=O)C(c1cccc(Cl)c1)c1ccccc1Cl. The van der Waals surface area contributed by atoms with Gasteiger partial charge in [0, 0.05) is 10.0 Å². The van der Waals surface area contributed by atoms with E-state index in [1.54, 1.807) is 25.1 Å². The van der Waals surface area contributed by atoms with Gasteiger partial charge in [-0.3, -0.25) is 4.79 Å². The van der Waals surface area contributed by atoms with Crippen molar-refractivity contribution in [2.45, 2.75) is 12.8 Å². The molecule has 92 valence electrons. The van der Waals surface area contributed by atoms with Gasteiger partial charge in [0.05, 0.1) is 5.92 Å². The Bertz CT molecular complexity index is 578. The van der Waals surface area contributed by atoms with E-state index in [1.165, 1.54) is 0 Å². The van der Waals surface area contributed by atoms with Crippen LogP contribution in [-0.2, 0) is 4.79 Å². The summed E-state index contributed by atoms with van der Waals surface area (Å²) in [7, 11) is 0. The van der Waals surface area contributed by atoms with Crippen LogP contribution in [0.15, 0.2) is 48.5 Å². The maximum absolute atomic E-state index is 11.9. The third-order valence-electron chi connectivity index (χ3n) is 2.80. The van der Waals surface area contributed by atoms with Crippen LogP contribution < -0.4 is 0 Å². The van der Waals surface area contributed by atoms with Crippen LogP contribution in [0.1, 0.15) is 24.0 Å². The number of hydrogen-bond acceptors (Lipinski definition) is 1. The maximum atomic E-state index is 11.9. The molecule has 18 heavy (non-hydrogen) atoms. The number of benzene rings is 2. The largest absolute Gasteiger partial charge is 0.299 e. The molecule has 0 N–H and O–H groups in total. The Morgan fingerprint density at radius 1 is 1.06 bits per heavy atom. The third-order valence-corrected chi connectivity index (χ3v) is 3.38. The third kappa shape index (κ3) is 2.74. The summed E-state index contributed by atoms with van der Waals surface area (Å²) in [5.41, 5.74) is 1.68. The molecule has 0 saturated carbocycles. The van der Waals surface area contributed by atoms with Crippen LogP contribution in [0.25, 0.3) is 0 Å². The molecule has 1 atom stereocenters. The van der Waals surface area contributed by atoms with E-state index in [9.17, 15) is 4.79 Å². The van der Waals surface area contributed by atoms with Gasteiger partial charge in [0.1, 0.15) is 5.78 Å². The van der Waals surface area contributed by atoms with E-state index in [-0.39, 0.29) is 11.7 Å². The van der Waals surface area contributed by atoms with Crippen LogP contribution >= 0.6 is 23.2 Å². The summed E-state index contributed by atoms with van der Waals surface area (Å²) < 4.78 is 0. The van der Waals surface area contributed by atoms with Crippen molar-refractivity contribution in [3.8, 4) is 0 Å². The van der Waals surface area contributed by atoms with Crippen molar-refractivity contribution in [3.63, 3.8) is 0 Å². The Hall–Kier alpha value is -1.31. The van der Waals surface area contributed by atoms with E-state index in [2.05, 4.69) is 0 Å². The maximum Gasteiger partial charge on any atom is 0.141 e. The van der Waals surface area contributed by atoms with Crippen molar-refractivity contribution in [2.75, 3.05) is 0 Å². The first-order chi connectivity index (χ1) is 8.59. The van der Waals surface area contributed by atoms with Crippen molar-refractivity contribution < 1.29 is 4.79 Å². The minimum Gasteiger partial charge on any atom is -0.299 e. The highest BCUT2D eigenvalue weighted by Gasteiger charge is 2.21. The van der Waals surface area contributed by atoms with Crippen LogP contribution in [0.5, 0.6) is 0 Å². The molecule has 0 bridgehead atoms. The molecule has 0 radical (unpaired) electrons. The molecule has 2 rings (SSSR count). The fraction of sp³-hybridized carbons (Fsp3) is 0.133. The number of Topliss-reactive ketones (excluding diaryl/α,β-unsaturated/α-hetero) is 1. The smallest absolute Gasteiger partial charge is 0.141 e. The average molecular weight is 279 g/mol. The monoisotopic (exact) mass is 278 g/mol. The van der Waals surface area contributed by atoms with E-state index >= 15 is 0 Å². The summed E-state index contributed by atoms with van der Waals surface area (Å²) in [6.45, 7) is 1.56. The quantitative estimate of drug-likeness (QED) is 0.794. The van der Waals surface area contributed by atoms with Crippen LogP contribution in [0, 0.1) is 0 Å². The first-order valence-electron chi connectivity index (χ1n) is 5.60. The number of halogens is 2. The van der Waals surface area contributed by atoms with Crippen molar-refractivity contribution in [3.05, 3.63) is 69.7 Å². The van der Waals surface area contributed by atoms with Gasteiger partial charge in [0.15, 0.2) is 0 Å². The second-order valence-corrected chi connectivity index (χ2v) is 4.96. The van der Waals surface area contributed by atoms with E-state index in [4.69, 9.17) is 23.2 Å². The van der Waals surface area contributed by atoms with Gasteiger partial charge in [-0.1, -0.05) is 53.5 Å². The first-order valence-corrected chi connectivity index (χ1v) is 6.35. The van der Waals surface area contributed by atoms with Gasteiger partial charge in [-0.05, 0) is 36.2 Å². The minimum absolute atomic E-state index is 0.0466. The van der Waals surface area contributed by atoms with Crippen LogP contribution in [0.4, 0.5) is 0 Å². The summed E-state index contributed by atoms with van der Waals surface area (Å²) >= 11 is 12.1. The van der Waals surface area contributed by atoms with E-state index in [0.29, 0.717) is 10.0 Å². The summed E-state index contributed by atoms with van der Waals surface area (Å²) in [4.78, 5) is 11.9. The number of carbonyl (C=O) groups is 1. The molecule has 1 unspecified atom stereocenters. The molecule has 0 spiro atoms. The Labute approximate surface area is 116 Å². The highest BCUT2D eigenvalue weighted by atomic mass is 35.5. The van der Waals surface area contributed by atoms with Gasteiger partial charge >= 0.3 is 0 Å². The molecule has 1 nitrogen and oxygen atoms in total. The van der Waals surface area contributed by atoms with E-state index in [0.717, 1.165) is 11.1 Å². The molecule has 0 heterocycles. The zero-order valence-corrected chi connectivity index (χ0v) is 11.4. The van der Waals surface area contributed by atoms with E-state index < -0.39 is 0 Å². The van der Waals surface area contributed by atoms with Gasteiger partial charge in [-0.15, -0.1) is 0 Å². The van der Waals surface area contributed by atoms with Gasteiger partial charge in [0.25, 0.3) is 0 Å². The summed E-state index contributed by atoms with van der Waals surface area (Å²) in [6, 6.07) is 14.7. The highest BCUT2D eigenvalue weighted by molar-refractivity contribution is 6.32. The Morgan fingerprint density at radius 3 is 2.39 bits per heavy atom. The molecule has 3 heteroatoms. The lowest BCUT2D eigenvalue weighted by Crippen LogP contribution is -2.11. The van der Waals surface area contributed by atoms with Gasteiger partial charge in [-0.25, -0.2) is 0 Å².